The topological polar surface area (TPSA) is 177 Å². The second-order valence-electron chi connectivity index (χ2n) is 20.3. The van der Waals surface area contributed by atoms with Gasteiger partial charge in [0.25, 0.3) is 5.91 Å². The fourth-order valence-electron chi connectivity index (χ4n) is 12.6. The monoisotopic (exact) mass is 799 g/mol. The van der Waals surface area contributed by atoms with Crippen molar-refractivity contribution in [2.24, 2.45) is 44.6 Å². The Balaban J connectivity index is 1.17. The van der Waals surface area contributed by atoms with Crippen LogP contribution in [-0.4, -0.2) is 85.6 Å². The number of nitrogens with zero attached hydrogens (tertiary/aromatic N) is 1. The van der Waals surface area contributed by atoms with Crippen molar-refractivity contribution in [1.29, 1.82) is 0 Å². The molecule has 2 aliphatic heterocycles. The van der Waals surface area contributed by atoms with Crippen LogP contribution in [0.2, 0.25) is 0 Å². The second kappa shape index (κ2) is 14.6. The van der Waals surface area contributed by atoms with Crippen LogP contribution in [0.5, 0.6) is 0 Å². The van der Waals surface area contributed by atoms with E-state index < -0.39 is 62.1 Å². The van der Waals surface area contributed by atoms with Gasteiger partial charge in [-0.15, -0.1) is 6.58 Å². The number of amides is 4. The Morgan fingerprint density at radius 1 is 0.839 bits per heavy atom. The maximum Gasteiger partial charge on any atom is 0.259 e. The number of rotatable bonds is 12. The zero-order chi connectivity index (χ0) is 40.5. The average molecular weight is 800 g/mol. The second-order valence-corrected chi connectivity index (χ2v) is 22.4. The molecular formula is C43H69N5O7S. The number of hydrogen-bond acceptors (Lipinski definition) is 8. The zero-order valence-electron chi connectivity index (χ0n) is 34.7. The van der Waals surface area contributed by atoms with E-state index in [1.807, 2.05) is 6.92 Å². The van der Waals surface area contributed by atoms with Crippen molar-refractivity contribution in [2.45, 2.75) is 173 Å². The Kier molecular flexibility index (Phi) is 10.9. The molecular weight excluding hydrogens is 731 g/mol. The summed E-state index contributed by atoms with van der Waals surface area (Å²) in [7, 11) is -4.02. The van der Waals surface area contributed by atoms with E-state index in [2.05, 4.69) is 42.7 Å². The summed E-state index contributed by atoms with van der Waals surface area (Å²) in [4.78, 5) is 60.1. The normalized spacial score (nSPS) is 34.4. The lowest BCUT2D eigenvalue weighted by atomic mass is 9.70. The highest BCUT2D eigenvalue weighted by Crippen LogP contribution is 2.88. The van der Waals surface area contributed by atoms with E-state index in [0.29, 0.717) is 39.0 Å². The Bertz CT molecular complexity index is 1690. The van der Waals surface area contributed by atoms with Crippen LogP contribution in [0.1, 0.15) is 144 Å². The van der Waals surface area contributed by atoms with Gasteiger partial charge in [-0.25, -0.2) is 8.42 Å². The van der Waals surface area contributed by atoms with Gasteiger partial charge in [-0.05, 0) is 93.3 Å². The van der Waals surface area contributed by atoms with Gasteiger partial charge in [0, 0.05) is 36.5 Å². The number of carbonyl (C=O) groups excluding carboxylic acids is 4. The van der Waals surface area contributed by atoms with Crippen LogP contribution < -0.4 is 21.1 Å². The van der Waals surface area contributed by atoms with E-state index in [1.165, 1.54) is 0 Å². The molecule has 0 aromatic carbocycles. The first-order valence-electron chi connectivity index (χ1n) is 21.8. The Morgan fingerprint density at radius 3 is 2.02 bits per heavy atom. The smallest absolute Gasteiger partial charge is 0.259 e. The molecule has 0 aromatic heterocycles. The van der Waals surface area contributed by atoms with E-state index in [1.54, 1.807) is 17.9 Å². The molecule has 2 spiro atoms. The van der Waals surface area contributed by atoms with E-state index in [4.69, 9.17) is 10.5 Å². The lowest BCUT2D eigenvalue weighted by molar-refractivity contribution is -0.147. The molecule has 12 nitrogen and oxygen atoms in total. The molecule has 2 heterocycles. The van der Waals surface area contributed by atoms with E-state index in [-0.39, 0.29) is 45.8 Å². The summed E-state index contributed by atoms with van der Waals surface area (Å²) in [5.41, 5.74) is 3.83. The first kappa shape index (κ1) is 41.6. The first-order valence-corrected chi connectivity index (χ1v) is 23.3. The van der Waals surface area contributed by atoms with Crippen molar-refractivity contribution < 1.29 is 32.3 Å². The zero-order valence-corrected chi connectivity index (χ0v) is 35.5. The third-order valence-corrected chi connectivity index (χ3v) is 19.2. The summed E-state index contributed by atoms with van der Waals surface area (Å²) < 4.78 is 35.3. The summed E-state index contributed by atoms with van der Waals surface area (Å²) in [6.45, 7) is 15.4. The summed E-state index contributed by atoms with van der Waals surface area (Å²) in [5, 5.41) is 5.45. The molecule has 7 atom stereocenters. The van der Waals surface area contributed by atoms with Crippen molar-refractivity contribution in [3.8, 4) is 0 Å². The molecule has 314 valence electrons. The van der Waals surface area contributed by atoms with E-state index >= 15 is 4.79 Å². The van der Waals surface area contributed by atoms with Gasteiger partial charge < -0.3 is 26.0 Å². The van der Waals surface area contributed by atoms with Crippen LogP contribution in [0.15, 0.2) is 12.7 Å². The maximum atomic E-state index is 15.3. The number of fused-ring (bicyclic) bond motifs is 1. The highest BCUT2D eigenvalue weighted by Gasteiger charge is 2.85. The van der Waals surface area contributed by atoms with Crippen molar-refractivity contribution in [2.75, 3.05) is 19.8 Å². The van der Waals surface area contributed by atoms with E-state index in [9.17, 15) is 22.8 Å². The summed E-state index contributed by atoms with van der Waals surface area (Å²) in [5.74, 6) is -2.37. The number of ether oxygens (including phenoxy) is 1. The predicted octanol–water partition coefficient (Wildman–Crippen LogP) is 4.86. The molecule has 0 aromatic rings. The van der Waals surface area contributed by atoms with Gasteiger partial charge in [0.2, 0.25) is 27.7 Å². The van der Waals surface area contributed by atoms with Gasteiger partial charge in [0.05, 0.1) is 11.3 Å². The van der Waals surface area contributed by atoms with Crippen molar-refractivity contribution in [1.82, 2.24) is 20.3 Å². The van der Waals surface area contributed by atoms with Crippen molar-refractivity contribution in [3.63, 3.8) is 0 Å². The number of likely N-dealkylation sites (tertiary alicyclic amines) is 1. The van der Waals surface area contributed by atoms with Gasteiger partial charge >= 0.3 is 0 Å². The maximum absolute atomic E-state index is 15.3. The number of sulfonamides is 1. The highest BCUT2D eigenvalue weighted by molar-refractivity contribution is 7.90. The minimum atomic E-state index is -4.02. The third kappa shape index (κ3) is 6.56. The quantitative estimate of drug-likeness (QED) is 0.203. The van der Waals surface area contributed by atoms with Gasteiger partial charge in [-0.3, -0.25) is 23.9 Å². The highest BCUT2D eigenvalue weighted by atomic mass is 32.2. The molecule has 0 bridgehead atoms. The lowest BCUT2D eigenvalue weighted by Crippen LogP contribution is -2.64. The number of carbonyl (C=O) groups is 4. The number of nitrogens with one attached hydrogen (secondary N) is 3. The van der Waals surface area contributed by atoms with E-state index in [0.717, 1.165) is 83.5 Å². The SMILES string of the molecule is C=CC1CC1(NC(=O)C1CC2(CN1C(=O)C(NC(=O)C(N)C1(C)CCCCC1)C1(C)CCOCC1)C(C)(C)C21CCC1)C(=O)NS(=O)(=O)C(C)C1CCCCC1. The third-order valence-electron chi connectivity index (χ3n) is 17.4. The number of hydrogen-bond donors (Lipinski definition) is 4. The fourth-order valence-corrected chi connectivity index (χ4v) is 14.0. The molecule has 5 aliphatic carbocycles. The predicted molar refractivity (Wildman–Crippen MR) is 214 cm³/mol. The average Bonchev–Trinajstić information content (AvgIpc) is 3.88. The van der Waals surface area contributed by atoms with Gasteiger partial charge in [-0.2, -0.15) is 0 Å². The van der Waals surface area contributed by atoms with Crippen molar-refractivity contribution >= 4 is 33.7 Å². The Morgan fingerprint density at radius 2 is 1.46 bits per heavy atom. The lowest BCUT2D eigenvalue weighted by Gasteiger charge is -2.44. The molecule has 5 N–H and O–H groups in total. The summed E-state index contributed by atoms with van der Waals surface area (Å²) in [6.07, 6.45) is 16.0. The molecule has 7 aliphatic rings. The van der Waals surface area contributed by atoms with Crippen molar-refractivity contribution in [3.05, 3.63) is 12.7 Å². The van der Waals surface area contributed by atoms with Crippen LogP contribution in [0.3, 0.4) is 0 Å². The Labute approximate surface area is 335 Å². The molecule has 7 rings (SSSR count). The fraction of sp³-hybridized carbons (Fsp3) is 0.860. The summed E-state index contributed by atoms with van der Waals surface area (Å²) >= 11 is 0. The first-order chi connectivity index (χ1) is 26.3. The summed E-state index contributed by atoms with van der Waals surface area (Å²) in [6, 6.07) is -2.64. The molecule has 7 unspecified atom stereocenters. The molecule has 2 saturated heterocycles. The van der Waals surface area contributed by atoms with Crippen LogP contribution in [0.4, 0.5) is 0 Å². The number of nitrogens with two attached hydrogens (primary N) is 1. The molecule has 5 saturated carbocycles. The molecule has 56 heavy (non-hydrogen) atoms. The molecule has 0 radical (unpaired) electrons. The Hall–Kier alpha value is -2.51. The molecule has 7 fully saturated rings. The largest absolute Gasteiger partial charge is 0.381 e. The van der Waals surface area contributed by atoms with Crippen LogP contribution >= 0.6 is 0 Å². The van der Waals surface area contributed by atoms with Crippen LogP contribution in [-0.2, 0) is 33.9 Å². The van der Waals surface area contributed by atoms with Gasteiger partial charge in [-0.1, -0.05) is 78.7 Å². The minimum absolute atomic E-state index is 0.00838. The standard InChI is InChI=1S/C43H69N5O7S/c1-7-30-25-43(30,37(52)47-56(53,54)28(2)29-15-10-8-11-16-29)46-34(49)31-26-42(38(3,4)41(42)19-14-20-41)27-48(31)36(51)33(40(6)21-23-55-24-22-40)45-35(50)32(44)39(5)17-12-9-13-18-39/h7,28-33H,1,8-27,44H2,2-6H3,(H,45,50)(H,46,49)(H,47,52). The molecule has 13 heteroatoms. The van der Waals surface area contributed by atoms with Gasteiger partial charge in [0.1, 0.15) is 17.6 Å². The van der Waals surface area contributed by atoms with Gasteiger partial charge in [0.15, 0.2) is 0 Å². The van der Waals surface area contributed by atoms with Crippen LogP contribution in [0.25, 0.3) is 0 Å². The minimum Gasteiger partial charge on any atom is -0.381 e. The molecule has 4 amide bonds. The van der Waals surface area contributed by atoms with Crippen LogP contribution in [0, 0.1) is 38.9 Å².